The number of carbonyl (C=O) groups is 4. The number of imide groups is 1. The van der Waals surface area contributed by atoms with E-state index >= 15 is 0 Å². The van der Waals surface area contributed by atoms with Crippen LogP contribution in [0.25, 0.3) is 0 Å². The fraction of sp³-hybridized carbons (Fsp3) is 0.412. The van der Waals surface area contributed by atoms with Crippen LogP contribution in [0.15, 0.2) is 12.1 Å². The smallest absolute Gasteiger partial charge is 0.329 e. The number of fused-ring (bicyclic) bond motifs is 1. The number of halogens is 2. The summed E-state index contributed by atoms with van der Waals surface area (Å²) in [6.45, 7) is 3.34. The molecule has 0 saturated heterocycles. The van der Waals surface area contributed by atoms with Crippen molar-refractivity contribution in [2.45, 2.75) is 32.7 Å². The van der Waals surface area contributed by atoms with Gasteiger partial charge in [0.05, 0.1) is 21.2 Å². The third-order valence-corrected chi connectivity index (χ3v) is 4.61. The minimum atomic E-state index is -1.19. The lowest BCUT2D eigenvalue weighted by Crippen LogP contribution is -2.44. The molecule has 0 saturated carbocycles. The van der Waals surface area contributed by atoms with Crippen LogP contribution in [0.4, 0.5) is 0 Å². The monoisotopic (exact) mass is 400 g/mol. The van der Waals surface area contributed by atoms with Crippen LogP contribution in [0.3, 0.4) is 0 Å². The summed E-state index contributed by atoms with van der Waals surface area (Å²) in [5.74, 6) is -2.64. The summed E-state index contributed by atoms with van der Waals surface area (Å²) in [6, 6.07) is 1.39. The Balaban J connectivity index is 2.02. The third kappa shape index (κ3) is 4.16. The van der Waals surface area contributed by atoms with Crippen molar-refractivity contribution in [3.05, 3.63) is 33.3 Å². The Bertz CT molecular complexity index is 725. The zero-order valence-corrected chi connectivity index (χ0v) is 15.8. The fourth-order valence-corrected chi connectivity index (χ4v) is 2.75. The normalized spacial score (nSPS) is 14.2. The SMILES string of the molecule is CCCCNC(=O)COC(=O)[C@H](C)N1C(=O)c2cc(Cl)c(Cl)cc2C1=O. The first-order valence-corrected chi connectivity index (χ1v) is 8.83. The van der Waals surface area contributed by atoms with Crippen molar-refractivity contribution in [1.82, 2.24) is 10.2 Å². The number of rotatable bonds is 7. The molecule has 1 heterocycles. The number of unbranched alkanes of at least 4 members (excludes halogenated alkanes) is 1. The summed E-state index contributed by atoms with van der Waals surface area (Å²) < 4.78 is 4.90. The maximum atomic E-state index is 12.4. The van der Waals surface area contributed by atoms with Gasteiger partial charge in [-0.15, -0.1) is 0 Å². The Labute approximate surface area is 160 Å². The van der Waals surface area contributed by atoms with Gasteiger partial charge in [0, 0.05) is 6.54 Å². The molecule has 7 nitrogen and oxygen atoms in total. The highest BCUT2D eigenvalue weighted by Crippen LogP contribution is 2.32. The maximum absolute atomic E-state index is 12.4. The van der Waals surface area contributed by atoms with Crippen LogP contribution in [0.2, 0.25) is 10.0 Å². The van der Waals surface area contributed by atoms with Crippen molar-refractivity contribution in [3.8, 4) is 0 Å². The number of nitrogens with one attached hydrogen (secondary N) is 1. The van der Waals surface area contributed by atoms with Gasteiger partial charge in [-0.2, -0.15) is 0 Å². The maximum Gasteiger partial charge on any atom is 0.329 e. The van der Waals surface area contributed by atoms with E-state index in [-0.39, 0.29) is 21.2 Å². The predicted octanol–water partition coefficient (Wildman–Crippen LogP) is 2.44. The second kappa shape index (κ2) is 8.51. The molecule has 0 fully saturated rings. The Kier molecular flexibility index (Phi) is 6.61. The highest BCUT2D eigenvalue weighted by Gasteiger charge is 2.42. The molecule has 140 valence electrons. The van der Waals surface area contributed by atoms with Crippen LogP contribution in [0.1, 0.15) is 47.4 Å². The molecule has 1 aromatic carbocycles. The number of esters is 1. The fourth-order valence-electron chi connectivity index (χ4n) is 2.42. The lowest BCUT2D eigenvalue weighted by Gasteiger charge is -2.20. The molecular weight excluding hydrogens is 383 g/mol. The van der Waals surface area contributed by atoms with Crippen LogP contribution in [-0.2, 0) is 14.3 Å². The van der Waals surface area contributed by atoms with E-state index in [2.05, 4.69) is 5.32 Å². The van der Waals surface area contributed by atoms with Gasteiger partial charge in [-0.25, -0.2) is 4.79 Å². The van der Waals surface area contributed by atoms with Crippen molar-refractivity contribution in [2.24, 2.45) is 0 Å². The molecule has 0 radical (unpaired) electrons. The average Bonchev–Trinajstić information content (AvgIpc) is 2.83. The molecule has 0 spiro atoms. The van der Waals surface area contributed by atoms with Crippen LogP contribution >= 0.6 is 23.2 Å². The number of amides is 3. The van der Waals surface area contributed by atoms with Gasteiger partial charge in [0.1, 0.15) is 6.04 Å². The molecule has 0 aliphatic carbocycles. The van der Waals surface area contributed by atoms with Gasteiger partial charge in [0.15, 0.2) is 6.61 Å². The lowest BCUT2D eigenvalue weighted by molar-refractivity contribution is -0.151. The average molecular weight is 401 g/mol. The highest BCUT2D eigenvalue weighted by atomic mass is 35.5. The minimum Gasteiger partial charge on any atom is -0.454 e. The molecule has 1 aliphatic heterocycles. The summed E-state index contributed by atoms with van der Waals surface area (Å²) in [6.07, 6.45) is 1.74. The van der Waals surface area contributed by atoms with Gasteiger partial charge in [-0.05, 0) is 25.5 Å². The van der Waals surface area contributed by atoms with E-state index in [0.717, 1.165) is 17.7 Å². The Morgan fingerprint density at radius 2 is 1.69 bits per heavy atom. The largest absolute Gasteiger partial charge is 0.454 e. The number of hydrogen-bond donors (Lipinski definition) is 1. The quantitative estimate of drug-likeness (QED) is 0.431. The Morgan fingerprint density at radius 1 is 1.15 bits per heavy atom. The van der Waals surface area contributed by atoms with Gasteiger partial charge in [-0.1, -0.05) is 36.5 Å². The standard InChI is InChI=1S/C17H18Cl2N2O5/c1-3-4-5-20-14(22)8-26-17(25)9(2)21-15(23)10-6-12(18)13(19)7-11(10)16(21)24/h6-7,9H,3-5,8H2,1-2H3,(H,20,22)/t9-/m0/s1. The summed E-state index contributed by atoms with van der Waals surface area (Å²) >= 11 is 11.8. The lowest BCUT2D eigenvalue weighted by atomic mass is 10.1. The summed E-state index contributed by atoms with van der Waals surface area (Å²) in [5, 5.41) is 2.86. The van der Waals surface area contributed by atoms with Crippen molar-refractivity contribution >= 4 is 46.9 Å². The van der Waals surface area contributed by atoms with E-state index in [0.29, 0.717) is 6.54 Å². The van der Waals surface area contributed by atoms with Crippen molar-refractivity contribution in [2.75, 3.05) is 13.2 Å². The van der Waals surface area contributed by atoms with E-state index in [9.17, 15) is 19.2 Å². The first-order chi connectivity index (χ1) is 12.3. The van der Waals surface area contributed by atoms with E-state index in [1.54, 1.807) is 0 Å². The molecule has 0 bridgehead atoms. The molecular formula is C17H18Cl2N2O5. The van der Waals surface area contributed by atoms with Gasteiger partial charge in [0.2, 0.25) is 0 Å². The molecule has 1 N–H and O–H groups in total. The zero-order valence-electron chi connectivity index (χ0n) is 14.3. The molecule has 1 aliphatic rings. The van der Waals surface area contributed by atoms with E-state index < -0.39 is 36.3 Å². The highest BCUT2D eigenvalue weighted by molar-refractivity contribution is 6.43. The molecule has 0 unspecified atom stereocenters. The second-order valence-corrected chi connectivity index (χ2v) is 6.59. The molecule has 2 rings (SSSR count). The summed E-state index contributed by atoms with van der Waals surface area (Å²) in [4.78, 5) is 49.4. The van der Waals surface area contributed by atoms with Crippen molar-refractivity contribution < 1.29 is 23.9 Å². The van der Waals surface area contributed by atoms with Crippen LogP contribution in [0, 0.1) is 0 Å². The summed E-state index contributed by atoms with van der Waals surface area (Å²) in [7, 11) is 0. The number of carbonyl (C=O) groups excluding carboxylic acids is 4. The second-order valence-electron chi connectivity index (χ2n) is 5.78. The molecule has 1 atom stereocenters. The molecule has 0 aromatic heterocycles. The Morgan fingerprint density at radius 3 is 2.19 bits per heavy atom. The van der Waals surface area contributed by atoms with Gasteiger partial charge < -0.3 is 10.1 Å². The van der Waals surface area contributed by atoms with Gasteiger partial charge in [-0.3, -0.25) is 19.3 Å². The van der Waals surface area contributed by atoms with Gasteiger partial charge in [0.25, 0.3) is 17.7 Å². The number of benzene rings is 1. The minimum absolute atomic E-state index is 0.0707. The number of nitrogens with zero attached hydrogens (tertiary/aromatic N) is 1. The van der Waals surface area contributed by atoms with Gasteiger partial charge >= 0.3 is 5.97 Å². The number of ether oxygens (including phenoxy) is 1. The first kappa shape index (κ1) is 20.2. The molecule has 3 amide bonds. The molecule has 1 aromatic rings. The number of hydrogen-bond acceptors (Lipinski definition) is 5. The predicted molar refractivity (Wildman–Crippen MR) is 95.3 cm³/mol. The van der Waals surface area contributed by atoms with Crippen LogP contribution < -0.4 is 5.32 Å². The van der Waals surface area contributed by atoms with E-state index in [1.165, 1.54) is 19.1 Å². The first-order valence-electron chi connectivity index (χ1n) is 8.08. The topological polar surface area (TPSA) is 92.8 Å². The zero-order chi connectivity index (χ0) is 19.4. The summed E-state index contributed by atoms with van der Waals surface area (Å²) in [5.41, 5.74) is 0.141. The van der Waals surface area contributed by atoms with Crippen molar-refractivity contribution in [3.63, 3.8) is 0 Å². The Hall–Kier alpha value is -2.12. The van der Waals surface area contributed by atoms with Crippen molar-refractivity contribution in [1.29, 1.82) is 0 Å². The van der Waals surface area contributed by atoms with E-state index in [4.69, 9.17) is 27.9 Å². The van der Waals surface area contributed by atoms with Crippen LogP contribution in [-0.4, -0.2) is 47.8 Å². The van der Waals surface area contributed by atoms with E-state index in [1.807, 2.05) is 6.92 Å². The molecule has 9 heteroatoms. The molecule has 26 heavy (non-hydrogen) atoms. The van der Waals surface area contributed by atoms with Crippen LogP contribution in [0.5, 0.6) is 0 Å². The third-order valence-electron chi connectivity index (χ3n) is 3.89.